The average molecular weight is 403 g/mol. The van der Waals surface area contributed by atoms with Crippen LogP contribution < -0.4 is 0 Å². The normalized spacial score (nSPS) is 15.5. The van der Waals surface area contributed by atoms with Gasteiger partial charge in [0.25, 0.3) is 5.91 Å². The third-order valence-corrected chi connectivity index (χ3v) is 4.89. The molecule has 0 atom stereocenters. The number of nitrogens with zero attached hydrogens (tertiary/aromatic N) is 1. The van der Waals surface area contributed by atoms with Gasteiger partial charge in [0.1, 0.15) is 5.82 Å². The van der Waals surface area contributed by atoms with Crippen molar-refractivity contribution in [2.45, 2.75) is 51.6 Å². The molecule has 0 unspecified atom stereocenters. The summed E-state index contributed by atoms with van der Waals surface area (Å²) >= 11 is 0. The molecule has 0 N–H and O–H groups in total. The zero-order chi connectivity index (χ0) is 20.7. The monoisotopic (exact) mass is 403 g/mol. The molecule has 8 heteroatoms. The smallest absolute Gasteiger partial charge is 0.417 e. The maximum atomic E-state index is 14.0. The van der Waals surface area contributed by atoms with E-state index in [1.54, 1.807) is 0 Å². The first-order valence-corrected chi connectivity index (χ1v) is 9.57. The molecule has 2 rings (SSSR count). The van der Waals surface area contributed by atoms with Crippen molar-refractivity contribution in [3.8, 4) is 0 Å². The second kappa shape index (κ2) is 9.89. The Hall–Kier alpha value is -2.12. The van der Waals surface area contributed by atoms with E-state index in [2.05, 4.69) is 6.92 Å². The standard InChI is InChI=1S/C20H25F4NO3/c1-2-3-4-5-13-28-19(27)14-9-11-25(12-10-14)18(26)17-15(20(22,23)24)7-6-8-16(17)21/h6-8,14H,2-5,9-13H2,1H3. The first-order valence-electron chi connectivity index (χ1n) is 9.57. The molecule has 0 radical (unpaired) electrons. The van der Waals surface area contributed by atoms with Crippen molar-refractivity contribution >= 4 is 11.9 Å². The Kier molecular flexibility index (Phi) is 7.83. The maximum Gasteiger partial charge on any atom is 0.417 e. The SMILES string of the molecule is CCCCCCOC(=O)C1CCN(C(=O)c2c(F)cccc2C(F)(F)F)CC1. The summed E-state index contributed by atoms with van der Waals surface area (Å²) in [4.78, 5) is 25.8. The molecule has 1 amide bonds. The molecular formula is C20H25F4NO3. The van der Waals surface area contributed by atoms with Crippen molar-refractivity contribution in [3.63, 3.8) is 0 Å². The number of amides is 1. The lowest BCUT2D eigenvalue weighted by Gasteiger charge is -2.31. The zero-order valence-electron chi connectivity index (χ0n) is 15.9. The highest BCUT2D eigenvalue weighted by molar-refractivity contribution is 5.96. The van der Waals surface area contributed by atoms with Gasteiger partial charge < -0.3 is 9.64 Å². The van der Waals surface area contributed by atoms with Crippen LogP contribution in [0.5, 0.6) is 0 Å². The van der Waals surface area contributed by atoms with Gasteiger partial charge in [-0.3, -0.25) is 9.59 Å². The fourth-order valence-corrected chi connectivity index (χ4v) is 3.27. The number of esters is 1. The van der Waals surface area contributed by atoms with Crippen LogP contribution >= 0.6 is 0 Å². The number of piperidine rings is 1. The average Bonchev–Trinajstić information content (AvgIpc) is 2.66. The van der Waals surface area contributed by atoms with Gasteiger partial charge in [0.15, 0.2) is 0 Å². The minimum atomic E-state index is -4.83. The Morgan fingerprint density at radius 2 is 1.82 bits per heavy atom. The van der Waals surface area contributed by atoms with E-state index < -0.39 is 34.9 Å². The Bertz CT molecular complexity index is 683. The van der Waals surface area contributed by atoms with Gasteiger partial charge in [-0.25, -0.2) is 4.39 Å². The van der Waals surface area contributed by atoms with E-state index >= 15 is 0 Å². The highest BCUT2D eigenvalue weighted by Gasteiger charge is 2.39. The molecule has 1 aliphatic heterocycles. The van der Waals surface area contributed by atoms with E-state index in [9.17, 15) is 27.2 Å². The fourth-order valence-electron chi connectivity index (χ4n) is 3.27. The van der Waals surface area contributed by atoms with Crippen LogP contribution in [0.1, 0.15) is 61.4 Å². The molecule has 1 heterocycles. The number of alkyl halides is 3. The second-order valence-electron chi connectivity index (χ2n) is 6.95. The highest BCUT2D eigenvalue weighted by Crippen LogP contribution is 2.34. The predicted molar refractivity (Wildman–Crippen MR) is 95.1 cm³/mol. The molecule has 1 fully saturated rings. The van der Waals surface area contributed by atoms with Crippen LogP contribution in [-0.2, 0) is 15.7 Å². The van der Waals surface area contributed by atoms with Gasteiger partial charge in [-0.1, -0.05) is 32.3 Å². The molecule has 0 bridgehead atoms. The number of hydrogen-bond acceptors (Lipinski definition) is 3. The number of rotatable bonds is 7. The van der Waals surface area contributed by atoms with Crippen LogP contribution in [-0.4, -0.2) is 36.5 Å². The molecule has 4 nitrogen and oxygen atoms in total. The number of carbonyl (C=O) groups is 2. The van der Waals surface area contributed by atoms with Crippen LogP contribution in [0.2, 0.25) is 0 Å². The summed E-state index contributed by atoms with van der Waals surface area (Å²) in [5.41, 5.74) is -2.25. The molecular weight excluding hydrogens is 378 g/mol. The molecule has 0 saturated carbocycles. The number of ether oxygens (including phenoxy) is 1. The lowest BCUT2D eigenvalue weighted by Crippen LogP contribution is -2.41. The van der Waals surface area contributed by atoms with E-state index in [1.165, 1.54) is 4.90 Å². The third kappa shape index (κ3) is 5.69. The Labute approximate surface area is 161 Å². The Morgan fingerprint density at radius 1 is 1.14 bits per heavy atom. The molecule has 1 aromatic carbocycles. The van der Waals surface area contributed by atoms with Crippen LogP contribution in [0, 0.1) is 11.7 Å². The minimum absolute atomic E-state index is 0.0834. The van der Waals surface area contributed by atoms with Crippen molar-refractivity contribution in [2.24, 2.45) is 5.92 Å². The Balaban J connectivity index is 1.93. The number of hydrogen-bond donors (Lipinski definition) is 0. The van der Waals surface area contributed by atoms with E-state index in [4.69, 9.17) is 4.74 Å². The molecule has 1 aromatic rings. The molecule has 0 aliphatic carbocycles. The summed E-state index contributed by atoms with van der Waals surface area (Å²) in [6, 6.07) is 2.46. The van der Waals surface area contributed by atoms with Crippen molar-refractivity contribution < 1.29 is 31.9 Å². The van der Waals surface area contributed by atoms with Crippen molar-refractivity contribution in [2.75, 3.05) is 19.7 Å². The first kappa shape index (κ1) is 22.2. The summed E-state index contributed by atoms with van der Waals surface area (Å²) in [7, 11) is 0. The van der Waals surface area contributed by atoms with Gasteiger partial charge in [-0.05, 0) is 31.4 Å². The molecule has 1 aliphatic rings. The van der Waals surface area contributed by atoms with Crippen molar-refractivity contribution in [3.05, 3.63) is 35.1 Å². The van der Waals surface area contributed by atoms with Crippen LogP contribution in [0.25, 0.3) is 0 Å². The molecule has 0 aromatic heterocycles. The first-order chi connectivity index (χ1) is 13.3. The number of carbonyl (C=O) groups excluding carboxylic acids is 2. The van der Waals surface area contributed by atoms with Crippen molar-refractivity contribution in [1.29, 1.82) is 0 Å². The summed E-state index contributed by atoms with van der Waals surface area (Å²) in [5, 5.41) is 0. The number of unbranched alkanes of at least 4 members (excludes halogenated alkanes) is 3. The maximum absolute atomic E-state index is 14.0. The van der Waals surface area contributed by atoms with Gasteiger partial charge in [0, 0.05) is 13.1 Å². The Morgan fingerprint density at radius 3 is 2.43 bits per heavy atom. The van der Waals surface area contributed by atoms with Crippen LogP contribution in [0.4, 0.5) is 17.6 Å². The van der Waals surface area contributed by atoms with Crippen LogP contribution in [0.15, 0.2) is 18.2 Å². The van der Waals surface area contributed by atoms with Gasteiger partial charge in [0.2, 0.25) is 0 Å². The molecule has 0 spiro atoms. The van der Waals surface area contributed by atoms with E-state index in [0.29, 0.717) is 12.7 Å². The quantitative estimate of drug-likeness (QED) is 0.373. The summed E-state index contributed by atoms with van der Waals surface area (Å²) in [5.74, 6) is -2.94. The van der Waals surface area contributed by atoms with Crippen molar-refractivity contribution in [1.82, 2.24) is 4.90 Å². The number of likely N-dealkylation sites (tertiary alicyclic amines) is 1. The van der Waals surface area contributed by atoms with Gasteiger partial charge in [-0.2, -0.15) is 13.2 Å². The number of halogens is 4. The third-order valence-electron chi connectivity index (χ3n) is 4.89. The molecule has 156 valence electrons. The fraction of sp³-hybridized carbons (Fsp3) is 0.600. The van der Waals surface area contributed by atoms with Gasteiger partial charge in [0.05, 0.1) is 23.7 Å². The molecule has 1 saturated heterocycles. The van der Waals surface area contributed by atoms with Gasteiger partial charge >= 0.3 is 12.1 Å². The minimum Gasteiger partial charge on any atom is -0.465 e. The summed E-state index contributed by atoms with van der Waals surface area (Å²) in [6.07, 6.45) is -0.310. The van der Waals surface area contributed by atoms with Gasteiger partial charge in [-0.15, -0.1) is 0 Å². The van der Waals surface area contributed by atoms with E-state index in [0.717, 1.165) is 37.8 Å². The number of benzene rings is 1. The van der Waals surface area contributed by atoms with E-state index in [1.807, 2.05) is 0 Å². The second-order valence-corrected chi connectivity index (χ2v) is 6.95. The molecule has 28 heavy (non-hydrogen) atoms. The summed E-state index contributed by atoms with van der Waals surface area (Å²) in [6.45, 7) is 2.60. The summed E-state index contributed by atoms with van der Waals surface area (Å²) < 4.78 is 58.6. The highest BCUT2D eigenvalue weighted by atomic mass is 19.4. The van der Waals surface area contributed by atoms with Crippen LogP contribution in [0.3, 0.4) is 0 Å². The predicted octanol–water partition coefficient (Wildman–Crippen LogP) is 4.82. The lowest BCUT2D eigenvalue weighted by molar-refractivity contribution is -0.150. The largest absolute Gasteiger partial charge is 0.465 e. The lowest BCUT2D eigenvalue weighted by atomic mass is 9.95. The zero-order valence-corrected chi connectivity index (χ0v) is 15.9. The topological polar surface area (TPSA) is 46.6 Å². The van der Waals surface area contributed by atoms with E-state index in [-0.39, 0.29) is 31.9 Å².